The normalized spacial score (nSPS) is 25.5. The molecule has 34 heavy (non-hydrogen) atoms. The van der Waals surface area contributed by atoms with Gasteiger partial charge in [-0.05, 0) is 73.8 Å². The molecule has 2 saturated carbocycles. The molecule has 194 valence electrons. The fraction of sp³-hybridized carbons (Fsp3) is 0.818. The summed E-state index contributed by atoms with van der Waals surface area (Å²) >= 11 is 0. The minimum Gasteiger partial charge on any atom is -0.378 e. The van der Waals surface area contributed by atoms with Gasteiger partial charge in [-0.15, -0.1) is 0 Å². The maximum absolute atomic E-state index is 6.33. The summed E-state index contributed by atoms with van der Waals surface area (Å²) in [5, 5.41) is 0. The first-order chi connectivity index (χ1) is 16.8. The third-order valence-corrected chi connectivity index (χ3v) is 8.96. The van der Waals surface area contributed by atoms with Crippen LogP contribution < -0.4 is 0 Å². The summed E-state index contributed by atoms with van der Waals surface area (Å²) in [6, 6.07) is 9.48. The average Bonchev–Trinajstić information content (AvgIpc) is 2.88. The Kier molecular flexibility index (Phi) is 13.7. The van der Waals surface area contributed by atoms with E-state index in [9.17, 15) is 0 Å². The Morgan fingerprint density at radius 2 is 1.21 bits per heavy atom. The molecule has 0 aromatic heterocycles. The van der Waals surface area contributed by atoms with Crippen LogP contribution in [-0.2, 0) is 11.2 Å². The van der Waals surface area contributed by atoms with Gasteiger partial charge in [0.05, 0.1) is 6.10 Å². The van der Waals surface area contributed by atoms with Crippen LogP contribution in [0.15, 0.2) is 24.3 Å². The third kappa shape index (κ3) is 10.4. The number of unbranched alkanes of at least 4 members (excludes halogenated alkanes) is 6. The Bertz CT molecular complexity index is 604. The number of aryl methyl sites for hydroxylation is 1. The number of ether oxygens (including phenoxy) is 1. The topological polar surface area (TPSA) is 9.23 Å². The van der Waals surface area contributed by atoms with E-state index in [0.717, 1.165) is 24.4 Å². The zero-order valence-electron chi connectivity index (χ0n) is 22.9. The number of benzene rings is 1. The van der Waals surface area contributed by atoms with Gasteiger partial charge in [-0.1, -0.05) is 122 Å². The minimum absolute atomic E-state index is 0.522. The summed E-state index contributed by atoms with van der Waals surface area (Å²) < 4.78 is 6.33. The third-order valence-electron chi connectivity index (χ3n) is 8.96. The van der Waals surface area contributed by atoms with E-state index in [2.05, 4.69) is 38.1 Å². The Morgan fingerprint density at radius 3 is 1.82 bits per heavy atom. The molecule has 0 unspecified atom stereocenters. The summed E-state index contributed by atoms with van der Waals surface area (Å²) in [6.07, 6.45) is 28.5. The quantitative estimate of drug-likeness (QED) is 0.219. The van der Waals surface area contributed by atoms with Crippen molar-refractivity contribution in [1.82, 2.24) is 0 Å². The van der Waals surface area contributed by atoms with Crippen molar-refractivity contribution in [2.75, 3.05) is 6.61 Å². The van der Waals surface area contributed by atoms with Gasteiger partial charge in [0.1, 0.15) is 0 Å². The van der Waals surface area contributed by atoms with E-state index in [0.29, 0.717) is 6.10 Å². The molecule has 1 aromatic rings. The molecular formula is C33H56O. The predicted octanol–water partition coefficient (Wildman–Crippen LogP) is 10.4. The molecule has 0 spiro atoms. The molecule has 2 aliphatic rings. The number of hydrogen-bond acceptors (Lipinski definition) is 1. The molecule has 0 saturated heterocycles. The first-order valence-corrected chi connectivity index (χ1v) is 15.5. The Morgan fingerprint density at radius 1 is 0.618 bits per heavy atom. The molecule has 2 fully saturated rings. The Hall–Kier alpha value is -0.820. The lowest BCUT2D eigenvalue weighted by Crippen LogP contribution is -2.21. The summed E-state index contributed by atoms with van der Waals surface area (Å²) in [4.78, 5) is 0. The van der Waals surface area contributed by atoms with Crippen molar-refractivity contribution in [3.8, 4) is 0 Å². The molecule has 0 heterocycles. The van der Waals surface area contributed by atoms with Gasteiger partial charge in [-0.2, -0.15) is 0 Å². The molecule has 1 heteroatoms. The molecular weight excluding hydrogens is 412 g/mol. The van der Waals surface area contributed by atoms with Gasteiger partial charge in [-0.25, -0.2) is 0 Å². The lowest BCUT2D eigenvalue weighted by Gasteiger charge is -2.30. The summed E-state index contributed by atoms with van der Waals surface area (Å²) in [7, 11) is 0. The molecule has 0 atom stereocenters. The smallest absolute Gasteiger partial charge is 0.0575 e. The summed E-state index contributed by atoms with van der Waals surface area (Å²) in [6.45, 7) is 5.57. The van der Waals surface area contributed by atoms with E-state index in [1.54, 1.807) is 5.56 Å². The van der Waals surface area contributed by atoms with Crippen LogP contribution in [0.4, 0.5) is 0 Å². The van der Waals surface area contributed by atoms with Crippen molar-refractivity contribution >= 4 is 0 Å². The highest BCUT2D eigenvalue weighted by Gasteiger charge is 2.23. The molecule has 0 bridgehead atoms. The molecule has 1 aromatic carbocycles. The second kappa shape index (κ2) is 16.8. The van der Waals surface area contributed by atoms with Gasteiger partial charge in [0.15, 0.2) is 0 Å². The number of rotatable bonds is 16. The van der Waals surface area contributed by atoms with Crippen LogP contribution in [0.5, 0.6) is 0 Å². The zero-order chi connectivity index (χ0) is 23.8. The van der Waals surface area contributed by atoms with Crippen LogP contribution in [0.25, 0.3) is 0 Å². The van der Waals surface area contributed by atoms with E-state index in [1.165, 1.54) is 134 Å². The second-order valence-electron chi connectivity index (χ2n) is 11.8. The van der Waals surface area contributed by atoms with Gasteiger partial charge >= 0.3 is 0 Å². The highest BCUT2D eigenvalue weighted by atomic mass is 16.5. The zero-order valence-corrected chi connectivity index (χ0v) is 22.9. The molecule has 1 nitrogen and oxygen atoms in total. The van der Waals surface area contributed by atoms with Gasteiger partial charge in [0.25, 0.3) is 0 Å². The van der Waals surface area contributed by atoms with Crippen LogP contribution in [0.2, 0.25) is 0 Å². The van der Waals surface area contributed by atoms with E-state index in [1.807, 2.05) is 0 Å². The van der Waals surface area contributed by atoms with Gasteiger partial charge in [0, 0.05) is 6.61 Å². The Balaban J connectivity index is 1.17. The first-order valence-electron chi connectivity index (χ1n) is 15.5. The van der Waals surface area contributed by atoms with Gasteiger partial charge < -0.3 is 4.74 Å². The largest absolute Gasteiger partial charge is 0.378 e. The maximum Gasteiger partial charge on any atom is 0.0575 e. The molecule has 2 aliphatic carbocycles. The molecule has 0 aliphatic heterocycles. The fourth-order valence-electron chi connectivity index (χ4n) is 6.63. The monoisotopic (exact) mass is 468 g/mol. The SMILES string of the molecule is CCCCCCCCCC1CCC(CCCOC2CCC(c3ccc(CCC)cc3)CC2)CC1. The summed E-state index contributed by atoms with van der Waals surface area (Å²) in [5.74, 6) is 2.79. The van der Waals surface area contributed by atoms with Crippen LogP contribution >= 0.6 is 0 Å². The van der Waals surface area contributed by atoms with Crippen LogP contribution in [-0.4, -0.2) is 12.7 Å². The van der Waals surface area contributed by atoms with Crippen LogP contribution in [0.1, 0.15) is 153 Å². The van der Waals surface area contributed by atoms with Gasteiger partial charge in [-0.3, -0.25) is 0 Å². The first kappa shape index (κ1) is 27.8. The molecule has 0 amide bonds. The lowest BCUT2D eigenvalue weighted by atomic mass is 9.78. The maximum atomic E-state index is 6.33. The van der Waals surface area contributed by atoms with E-state index in [-0.39, 0.29) is 0 Å². The minimum atomic E-state index is 0.522. The van der Waals surface area contributed by atoms with Crippen molar-refractivity contribution in [1.29, 1.82) is 0 Å². The van der Waals surface area contributed by atoms with Crippen molar-refractivity contribution in [3.05, 3.63) is 35.4 Å². The van der Waals surface area contributed by atoms with Crippen LogP contribution in [0, 0.1) is 11.8 Å². The Labute approximate surface area is 212 Å². The van der Waals surface area contributed by atoms with E-state index < -0.39 is 0 Å². The number of hydrogen-bond donors (Lipinski definition) is 0. The highest BCUT2D eigenvalue weighted by Crippen LogP contribution is 2.36. The highest BCUT2D eigenvalue weighted by molar-refractivity contribution is 5.26. The second-order valence-corrected chi connectivity index (χ2v) is 11.8. The molecule has 3 rings (SSSR count). The average molecular weight is 469 g/mol. The van der Waals surface area contributed by atoms with Gasteiger partial charge in [0.2, 0.25) is 0 Å². The van der Waals surface area contributed by atoms with E-state index >= 15 is 0 Å². The van der Waals surface area contributed by atoms with Crippen molar-refractivity contribution in [2.24, 2.45) is 11.8 Å². The van der Waals surface area contributed by atoms with Crippen LogP contribution in [0.3, 0.4) is 0 Å². The fourth-order valence-corrected chi connectivity index (χ4v) is 6.63. The standard InChI is InChI=1S/C33H56O/c1-3-5-6-7-8-9-10-13-29-15-17-30(18-16-29)14-11-27-34-33-25-23-32(24-26-33)31-21-19-28(12-4-2)20-22-31/h19-22,29-30,32-33H,3-18,23-27H2,1-2H3. The predicted molar refractivity (Wildman–Crippen MR) is 149 cm³/mol. The van der Waals surface area contributed by atoms with E-state index in [4.69, 9.17) is 4.74 Å². The summed E-state index contributed by atoms with van der Waals surface area (Å²) in [5.41, 5.74) is 3.05. The molecule has 0 N–H and O–H groups in total. The molecule has 0 radical (unpaired) electrons. The van der Waals surface area contributed by atoms with Crippen molar-refractivity contribution in [2.45, 2.75) is 154 Å². The lowest BCUT2D eigenvalue weighted by molar-refractivity contribution is 0.0204. The van der Waals surface area contributed by atoms with Crippen molar-refractivity contribution < 1.29 is 4.74 Å². The van der Waals surface area contributed by atoms with Crippen molar-refractivity contribution in [3.63, 3.8) is 0 Å².